The molecular weight excluding hydrogens is 486 g/mol. The molecule has 0 aliphatic carbocycles. The summed E-state index contributed by atoms with van der Waals surface area (Å²) < 4.78 is 39.2. The van der Waals surface area contributed by atoms with E-state index in [-0.39, 0.29) is 30.3 Å². The van der Waals surface area contributed by atoms with Crippen molar-refractivity contribution in [2.75, 3.05) is 68.6 Å². The van der Waals surface area contributed by atoms with Gasteiger partial charge in [0.05, 0.1) is 31.6 Å². The van der Waals surface area contributed by atoms with Gasteiger partial charge in [-0.15, -0.1) is 0 Å². The van der Waals surface area contributed by atoms with Gasteiger partial charge in [-0.05, 0) is 26.4 Å². The van der Waals surface area contributed by atoms with Gasteiger partial charge in [0, 0.05) is 44.6 Å². The van der Waals surface area contributed by atoms with Crippen LogP contribution in [0.5, 0.6) is 0 Å². The monoisotopic (exact) mass is 516 g/mol. The van der Waals surface area contributed by atoms with Gasteiger partial charge >= 0.3 is 0 Å². The highest BCUT2D eigenvalue weighted by Gasteiger charge is 2.28. The van der Waals surface area contributed by atoms with Crippen LogP contribution in [0.3, 0.4) is 0 Å². The zero-order valence-electron chi connectivity index (χ0n) is 20.7. The van der Waals surface area contributed by atoms with Gasteiger partial charge in [-0.3, -0.25) is 10.1 Å². The van der Waals surface area contributed by atoms with E-state index >= 15 is 0 Å². The van der Waals surface area contributed by atoms with Crippen molar-refractivity contribution >= 4 is 23.7 Å². The molecule has 5 heterocycles. The first kappa shape index (κ1) is 25.2. The molecule has 2 aliphatic heterocycles. The number of methoxy groups -OCH3 is 1. The first-order valence-corrected chi connectivity index (χ1v) is 12.2. The molecule has 3 N–H and O–H groups in total. The van der Waals surface area contributed by atoms with Crippen molar-refractivity contribution in [2.24, 2.45) is 0 Å². The van der Waals surface area contributed by atoms with Crippen LogP contribution in [0, 0.1) is 18.6 Å². The summed E-state index contributed by atoms with van der Waals surface area (Å²) in [6.45, 7) is 6.74. The summed E-state index contributed by atoms with van der Waals surface area (Å²) in [5.41, 5.74) is 0.860. The second-order valence-electron chi connectivity index (χ2n) is 9.11. The van der Waals surface area contributed by atoms with Crippen molar-refractivity contribution in [3.8, 4) is 0 Å². The van der Waals surface area contributed by atoms with Crippen molar-refractivity contribution in [2.45, 2.75) is 25.5 Å². The van der Waals surface area contributed by atoms with Crippen LogP contribution in [-0.2, 0) is 9.47 Å². The highest BCUT2D eigenvalue weighted by molar-refractivity contribution is 5.53. The highest BCUT2D eigenvalue weighted by Crippen LogP contribution is 2.24. The van der Waals surface area contributed by atoms with Crippen molar-refractivity contribution in [1.82, 2.24) is 35.0 Å². The summed E-state index contributed by atoms with van der Waals surface area (Å²) in [4.78, 5) is 22.1. The maximum atomic E-state index is 14.5. The fourth-order valence-electron chi connectivity index (χ4n) is 4.28. The van der Waals surface area contributed by atoms with Crippen LogP contribution in [0.15, 0.2) is 18.3 Å². The summed E-state index contributed by atoms with van der Waals surface area (Å²) in [5.74, 6) is -0.144. The number of hydrogen-bond acceptors (Lipinski definition) is 11. The maximum absolute atomic E-state index is 14.5. The smallest absolute Gasteiger partial charge is 0.235 e. The molecule has 12 nitrogen and oxygen atoms in total. The number of aromatic nitrogens is 6. The number of hydrogen-bond donors (Lipinski definition) is 3. The predicted molar refractivity (Wildman–Crippen MR) is 132 cm³/mol. The Labute approximate surface area is 212 Å². The van der Waals surface area contributed by atoms with Crippen molar-refractivity contribution in [3.05, 3.63) is 41.4 Å². The minimum Gasteiger partial charge on any atom is -0.382 e. The molecule has 37 heavy (non-hydrogen) atoms. The van der Waals surface area contributed by atoms with Crippen molar-refractivity contribution in [3.63, 3.8) is 0 Å². The fraction of sp³-hybridized carbons (Fsp3) is 0.522. The highest BCUT2D eigenvalue weighted by atomic mass is 19.1. The molecular formula is C23H30F2N10O2. The lowest BCUT2D eigenvalue weighted by Crippen LogP contribution is -2.51. The average molecular weight is 517 g/mol. The number of anilines is 4. The van der Waals surface area contributed by atoms with Gasteiger partial charge in [0.15, 0.2) is 5.82 Å². The van der Waals surface area contributed by atoms with E-state index in [0.29, 0.717) is 31.5 Å². The van der Waals surface area contributed by atoms with E-state index in [9.17, 15) is 8.78 Å². The lowest BCUT2D eigenvalue weighted by molar-refractivity contribution is 0.00234. The van der Waals surface area contributed by atoms with Crippen LogP contribution >= 0.6 is 0 Å². The Morgan fingerprint density at radius 3 is 2.73 bits per heavy atom. The van der Waals surface area contributed by atoms with E-state index in [1.54, 1.807) is 0 Å². The number of halogens is 2. The molecule has 2 fully saturated rings. The number of aromatic amines is 1. The van der Waals surface area contributed by atoms with Gasteiger partial charge in [0.1, 0.15) is 17.3 Å². The molecule has 0 spiro atoms. The largest absolute Gasteiger partial charge is 0.382 e. The minimum absolute atomic E-state index is 0.0105. The number of morpholine rings is 1. The van der Waals surface area contributed by atoms with Gasteiger partial charge in [0.2, 0.25) is 17.8 Å². The number of likely N-dealkylation sites (tertiary alicyclic amines) is 1. The number of pyridine rings is 1. The van der Waals surface area contributed by atoms with Crippen LogP contribution in [0.4, 0.5) is 32.4 Å². The first-order chi connectivity index (χ1) is 18.0. The topological polar surface area (TPSA) is 129 Å². The number of nitrogens with zero attached hydrogens (tertiary/aromatic N) is 7. The summed E-state index contributed by atoms with van der Waals surface area (Å²) in [6, 6.07) is 1.83. The number of nitrogens with one attached hydrogen (secondary N) is 3. The Hall–Kier alpha value is -3.49. The lowest BCUT2D eigenvalue weighted by atomic mass is 10.2. The molecule has 5 rings (SSSR count). The Kier molecular flexibility index (Phi) is 7.67. The third kappa shape index (κ3) is 6.26. The summed E-state index contributed by atoms with van der Waals surface area (Å²) in [5, 5.41) is 13.2. The Morgan fingerprint density at radius 1 is 1.19 bits per heavy atom. The molecule has 2 aliphatic rings. The van der Waals surface area contributed by atoms with E-state index in [4.69, 9.17) is 9.47 Å². The molecule has 1 unspecified atom stereocenters. The molecule has 2 atom stereocenters. The Balaban J connectivity index is 1.42. The van der Waals surface area contributed by atoms with Gasteiger partial charge in [-0.25, -0.2) is 8.78 Å². The molecule has 3 aromatic rings. The average Bonchev–Trinajstić information content (AvgIpc) is 3.25. The second kappa shape index (κ2) is 11.3. The number of ether oxygens (including phenoxy) is 2. The number of rotatable bonds is 10. The van der Waals surface area contributed by atoms with Crippen LogP contribution in [-0.4, -0.2) is 94.2 Å². The Bertz CT molecular complexity index is 1210. The van der Waals surface area contributed by atoms with Gasteiger partial charge in [-0.2, -0.15) is 20.1 Å². The van der Waals surface area contributed by atoms with Crippen molar-refractivity contribution in [1.29, 1.82) is 0 Å². The number of H-pyrrole nitrogens is 1. The molecule has 0 radical (unpaired) electrons. The van der Waals surface area contributed by atoms with E-state index in [1.165, 1.54) is 13.5 Å². The maximum Gasteiger partial charge on any atom is 0.235 e. The van der Waals surface area contributed by atoms with Crippen molar-refractivity contribution < 1.29 is 18.3 Å². The van der Waals surface area contributed by atoms with Crippen LogP contribution in [0.25, 0.3) is 0 Å². The summed E-state index contributed by atoms with van der Waals surface area (Å²) in [7, 11) is 1.48. The normalized spacial score (nSPS) is 18.9. The van der Waals surface area contributed by atoms with Crippen LogP contribution < -0.4 is 15.5 Å². The lowest BCUT2D eigenvalue weighted by Gasteiger charge is -2.38. The van der Waals surface area contributed by atoms with Crippen LogP contribution in [0.2, 0.25) is 0 Å². The van der Waals surface area contributed by atoms with Gasteiger partial charge < -0.3 is 29.9 Å². The second-order valence-corrected chi connectivity index (χ2v) is 9.11. The predicted octanol–water partition coefficient (Wildman–Crippen LogP) is 2.03. The molecule has 0 saturated carbocycles. The Morgan fingerprint density at radius 2 is 2.03 bits per heavy atom. The van der Waals surface area contributed by atoms with Gasteiger partial charge in [-0.1, -0.05) is 0 Å². The molecule has 14 heteroatoms. The molecule has 0 bridgehead atoms. The molecule has 3 aromatic heterocycles. The summed E-state index contributed by atoms with van der Waals surface area (Å²) >= 11 is 0. The molecule has 198 valence electrons. The van der Waals surface area contributed by atoms with Gasteiger partial charge in [0.25, 0.3) is 0 Å². The quantitative estimate of drug-likeness (QED) is 0.366. The van der Waals surface area contributed by atoms with E-state index in [1.807, 2.05) is 17.9 Å². The summed E-state index contributed by atoms with van der Waals surface area (Å²) in [6.07, 6.45) is 2.21. The molecule has 2 saturated heterocycles. The minimum atomic E-state index is -0.795. The third-order valence-electron chi connectivity index (χ3n) is 6.20. The van der Waals surface area contributed by atoms with E-state index in [0.717, 1.165) is 37.6 Å². The molecule has 0 amide bonds. The standard InChI is InChI=1S/C23H30F2N10O2/c1-14-8-19(33-32-14)28-22-29-21(27-18(13-36-2)20-17(25)9-15(24)10-26-20)30-23(31-22)35-6-7-37-16(12-35)11-34-4-3-5-34/h8-10,16,18H,3-7,11-13H2,1-2H3,(H3,27,28,29,30,31,32,33)/t16?,18-/m0/s1. The van der Waals surface area contributed by atoms with Crippen LogP contribution in [0.1, 0.15) is 23.9 Å². The number of aryl methyl sites for hydroxylation is 1. The zero-order chi connectivity index (χ0) is 25.8. The third-order valence-corrected chi connectivity index (χ3v) is 6.20. The molecule has 0 aromatic carbocycles. The first-order valence-electron chi connectivity index (χ1n) is 12.2. The van der Waals surface area contributed by atoms with E-state index in [2.05, 4.69) is 45.7 Å². The fourth-order valence-corrected chi connectivity index (χ4v) is 4.28. The zero-order valence-corrected chi connectivity index (χ0v) is 20.7. The SMILES string of the molecule is COC[C@H](Nc1nc(Nc2cc(C)[nH]n2)nc(N2CCOC(CN3CCC3)C2)n1)c1ncc(F)cc1F. The van der Waals surface area contributed by atoms with E-state index < -0.39 is 17.7 Å².